The summed E-state index contributed by atoms with van der Waals surface area (Å²) in [4.78, 5) is 62.0. The maximum Gasteiger partial charge on any atom is 0.308 e. The van der Waals surface area contributed by atoms with Crippen LogP contribution in [0.1, 0.15) is 62.2 Å². The van der Waals surface area contributed by atoms with Crippen LogP contribution in [0.3, 0.4) is 0 Å². The van der Waals surface area contributed by atoms with Crippen molar-refractivity contribution in [1.82, 2.24) is 15.5 Å². The number of imide groups is 1. The van der Waals surface area contributed by atoms with Gasteiger partial charge < -0.3 is 15.4 Å². The van der Waals surface area contributed by atoms with E-state index in [2.05, 4.69) is 10.6 Å². The third-order valence-corrected chi connectivity index (χ3v) is 4.83. The number of ether oxygens (including phenoxy) is 1. The molecule has 9 nitrogen and oxygen atoms in total. The van der Waals surface area contributed by atoms with Gasteiger partial charge in [0.2, 0.25) is 0 Å². The molecule has 33 heavy (non-hydrogen) atoms. The van der Waals surface area contributed by atoms with E-state index < -0.39 is 17.8 Å². The van der Waals surface area contributed by atoms with Gasteiger partial charge in [-0.05, 0) is 42.3 Å². The number of nitrogens with zero attached hydrogens (tertiary/aromatic N) is 1. The average Bonchev–Trinajstić information content (AvgIpc) is 3.00. The Hall–Kier alpha value is -4.01. The van der Waals surface area contributed by atoms with Crippen LogP contribution >= 0.6 is 0 Å². The van der Waals surface area contributed by atoms with Crippen molar-refractivity contribution in [2.24, 2.45) is 5.92 Å². The summed E-state index contributed by atoms with van der Waals surface area (Å²) < 4.78 is 4.96. The van der Waals surface area contributed by atoms with Crippen LogP contribution < -0.4 is 15.4 Å². The molecule has 2 aromatic rings. The first-order valence-corrected chi connectivity index (χ1v) is 10.5. The quantitative estimate of drug-likeness (QED) is 0.274. The third-order valence-electron chi connectivity index (χ3n) is 4.83. The van der Waals surface area contributed by atoms with Crippen LogP contribution in [0.25, 0.3) is 0 Å². The summed E-state index contributed by atoms with van der Waals surface area (Å²) in [6, 6.07) is 10.6. The Morgan fingerprint density at radius 3 is 2.09 bits per heavy atom. The first-order valence-electron chi connectivity index (χ1n) is 10.5. The van der Waals surface area contributed by atoms with Crippen molar-refractivity contribution in [3.63, 3.8) is 0 Å². The number of nitrogens with one attached hydrogen (secondary N) is 2. The largest absolute Gasteiger partial charge is 0.427 e. The molecule has 1 aliphatic rings. The van der Waals surface area contributed by atoms with Crippen molar-refractivity contribution in [2.75, 3.05) is 19.6 Å². The van der Waals surface area contributed by atoms with Crippen LogP contribution in [0.15, 0.2) is 42.5 Å². The lowest BCUT2D eigenvalue weighted by atomic mass is 10.1. The number of carbonyl (C=O) groups excluding carboxylic acids is 5. The van der Waals surface area contributed by atoms with Gasteiger partial charge in [-0.25, -0.2) is 0 Å². The van der Waals surface area contributed by atoms with Gasteiger partial charge in [0.1, 0.15) is 5.75 Å². The minimum absolute atomic E-state index is 0.134. The van der Waals surface area contributed by atoms with Crippen LogP contribution in [-0.4, -0.2) is 54.1 Å². The molecule has 0 unspecified atom stereocenters. The van der Waals surface area contributed by atoms with E-state index in [1.165, 1.54) is 36.1 Å². The maximum absolute atomic E-state index is 12.6. The van der Waals surface area contributed by atoms with Gasteiger partial charge in [-0.15, -0.1) is 0 Å². The molecule has 2 aromatic carbocycles. The monoisotopic (exact) mass is 451 g/mol. The second-order valence-electron chi connectivity index (χ2n) is 8.01. The van der Waals surface area contributed by atoms with Gasteiger partial charge in [-0.3, -0.25) is 28.9 Å². The summed E-state index contributed by atoms with van der Waals surface area (Å²) in [5.41, 5.74) is 1.07. The number of rotatable bonds is 8. The molecular formula is C24H25N3O6. The van der Waals surface area contributed by atoms with Crippen molar-refractivity contribution in [3.05, 3.63) is 64.7 Å². The SMILES string of the molecule is CC(=O)Oc1cccc(C(=O)NCCNC(=O)c2ccc3c(c2)C(=O)N(CC(C)C)C3=O)c1. The minimum atomic E-state index is -0.486. The molecule has 2 N–H and O–H groups in total. The normalized spacial score (nSPS) is 12.5. The molecule has 9 heteroatoms. The number of carbonyl (C=O) groups is 5. The lowest BCUT2D eigenvalue weighted by Gasteiger charge is -2.15. The highest BCUT2D eigenvalue weighted by Crippen LogP contribution is 2.25. The smallest absolute Gasteiger partial charge is 0.308 e. The van der Waals surface area contributed by atoms with Gasteiger partial charge in [0.15, 0.2) is 0 Å². The van der Waals surface area contributed by atoms with Gasteiger partial charge in [-0.2, -0.15) is 0 Å². The Morgan fingerprint density at radius 2 is 1.48 bits per heavy atom. The molecule has 0 fully saturated rings. The van der Waals surface area contributed by atoms with Gasteiger partial charge in [0, 0.05) is 37.7 Å². The van der Waals surface area contributed by atoms with Crippen LogP contribution in [0.2, 0.25) is 0 Å². The molecule has 0 saturated heterocycles. The zero-order chi connectivity index (χ0) is 24.1. The number of hydrogen-bond acceptors (Lipinski definition) is 6. The van der Waals surface area contributed by atoms with Gasteiger partial charge in [0.05, 0.1) is 11.1 Å². The van der Waals surface area contributed by atoms with Crippen molar-refractivity contribution in [3.8, 4) is 5.75 Å². The van der Waals surface area contributed by atoms with Crippen molar-refractivity contribution < 1.29 is 28.7 Å². The van der Waals surface area contributed by atoms with E-state index in [9.17, 15) is 24.0 Å². The Bertz CT molecular complexity index is 1120. The van der Waals surface area contributed by atoms with E-state index in [1.54, 1.807) is 18.2 Å². The number of benzene rings is 2. The molecule has 0 aromatic heterocycles. The number of amides is 4. The lowest BCUT2D eigenvalue weighted by molar-refractivity contribution is -0.131. The van der Waals surface area contributed by atoms with E-state index in [0.717, 1.165) is 0 Å². The number of hydrogen-bond donors (Lipinski definition) is 2. The summed E-state index contributed by atoms with van der Waals surface area (Å²) in [6.45, 7) is 5.73. The molecule has 0 aliphatic carbocycles. The molecule has 0 spiro atoms. The number of esters is 1. The summed E-state index contributed by atoms with van der Waals surface area (Å²) >= 11 is 0. The van der Waals surface area contributed by atoms with Gasteiger partial charge in [-0.1, -0.05) is 19.9 Å². The molecule has 4 amide bonds. The highest BCUT2D eigenvalue weighted by Gasteiger charge is 2.36. The minimum Gasteiger partial charge on any atom is -0.427 e. The molecule has 0 atom stereocenters. The Morgan fingerprint density at radius 1 is 0.879 bits per heavy atom. The maximum atomic E-state index is 12.6. The molecule has 0 saturated carbocycles. The first kappa shape index (κ1) is 23.6. The van der Waals surface area contributed by atoms with Crippen LogP contribution in [0.5, 0.6) is 5.75 Å². The van der Waals surface area contributed by atoms with E-state index in [0.29, 0.717) is 17.7 Å². The van der Waals surface area contributed by atoms with Gasteiger partial charge >= 0.3 is 5.97 Å². The van der Waals surface area contributed by atoms with E-state index in [4.69, 9.17) is 4.74 Å². The first-order chi connectivity index (χ1) is 15.7. The van der Waals surface area contributed by atoms with Crippen molar-refractivity contribution in [1.29, 1.82) is 0 Å². The van der Waals surface area contributed by atoms with Crippen LogP contribution in [0, 0.1) is 5.92 Å². The van der Waals surface area contributed by atoms with E-state index >= 15 is 0 Å². The van der Waals surface area contributed by atoms with E-state index in [-0.39, 0.29) is 47.7 Å². The zero-order valence-corrected chi connectivity index (χ0v) is 18.6. The molecule has 0 bridgehead atoms. The average molecular weight is 451 g/mol. The highest BCUT2D eigenvalue weighted by molar-refractivity contribution is 6.22. The Balaban J connectivity index is 1.54. The zero-order valence-electron chi connectivity index (χ0n) is 18.6. The van der Waals surface area contributed by atoms with E-state index in [1.807, 2.05) is 13.8 Å². The summed E-state index contributed by atoms with van der Waals surface area (Å²) in [5, 5.41) is 5.34. The summed E-state index contributed by atoms with van der Waals surface area (Å²) in [6.07, 6.45) is 0. The van der Waals surface area contributed by atoms with Crippen molar-refractivity contribution >= 4 is 29.6 Å². The van der Waals surface area contributed by atoms with Crippen LogP contribution in [0.4, 0.5) is 0 Å². The predicted molar refractivity (Wildman–Crippen MR) is 119 cm³/mol. The second kappa shape index (κ2) is 10.1. The standard InChI is InChI=1S/C24H25N3O6/c1-14(2)13-27-23(31)19-8-7-17(12-20(19)24(27)32)22(30)26-10-9-25-21(29)16-5-4-6-18(11-16)33-15(3)28/h4-8,11-12,14H,9-10,13H2,1-3H3,(H,25,29)(H,26,30). The summed E-state index contributed by atoms with van der Waals surface area (Å²) in [7, 11) is 0. The molecule has 0 radical (unpaired) electrons. The predicted octanol–water partition coefficient (Wildman–Crippen LogP) is 2.02. The fourth-order valence-corrected chi connectivity index (χ4v) is 3.39. The second-order valence-corrected chi connectivity index (χ2v) is 8.01. The fraction of sp³-hybridized carbons (Fsp3) is 0.292. The molecular weight excluding hydrogens is 426 g/mol. The fourth-order valence-electron chi connectivity index (χ4n) is 3.39. The highest BCUT2D eigenvalue weighted by atomic mass is 16.5. The third kappa shape index (κ3) is 5.62. The number of fused-ring (bicyclic) bond motifs is 1. The lowest BCUT2D eigenvalue weighted by Crippen LogP contribution is -2.34. The molecule has 172 valence electrons. The Kier molecular flexibility index (Phi) is 7.22. The molecule has 3 rings (SSSR count). The summed E-state index contributed by atoms with van der Waals surface area (Å²) in [5.74, 6) is -1.65. The van der Waals surface area contributed by atoms with Crippen LogP contribution in [-0.2, 0) is 4.79 Å². The van der Waals surface area contributed by atoms with Gasteiger partial charge in [0.25, 0.3) is 23.6 Å². The Labute approximate surface area is 191 Å². The van der Waals surface area contributed by atoms with Crippen molar-refractivity contribution in [2.45, 2.75) is 20.8 Å². The topological polar surface area (TPSA) is 122 Å². The molecule has 1 heterocycles. The molecule has 1 aliphatic heterocycles.